The van der Waals surface area contributed by atoms with Crippen molar-refractivity contribution in [2.24, 2.45) is 0 Å². The zero-order chi connectivity index (χ0) is 13.8. The molecule has 5 nitrogen and oxygen atoms in total. The highest BCUT2D eigenvalue weighted by molar-refractivity contribution is 5.91. The van der Waals surface area contributed by atoms with E-state index in [-0.39, 0.29) is 11.8 Å². The van der Waals surface area contributed by atoms with E-state index in [4.69, 9.17) is 4.52 Å². The third-order valence-electron chi connectivity index (χ3n) is 2.98. The van der Waals surface area contributed by atoms with E-state index >= 15 is 0 Å². The molecule has 5 heteroatoms. The Morgan fingerprint density at radius 2 is 2.05 bits per heavy atom. The molecule has 2 rings (SSSR count). The highest BCUT2D eigenvalue weighted by Gasteiger charge is 2.14. The minimum atomic E-state index is -0.426. The average Bonchev–Trinajstić information content (AvgIpc) is 2.85. The number of benzene rings is 1. The third kappa shape index (κ3) is 3.13. The summed E-state index contributed by atoms with van der Waals surface area (Å²) < 4.78 is 4.75. The Labute approximate surface area is 110 Å². The van der Waals surface area contributed by atoms with Crippen molar-refractivity contribution < 1.29 is 9.32 Å². The summed E-state index contributed by atoms with van der Waals surface area (Å²) in [6, 6.07) is 9.01. The van der Waals surface area contributed by atoms with Crippen molar-refractivity contribution in [3.8, 4) is 0 Å². The highest BCUT2D eigenvalue weighted by Crippen LogP contribution is 2.14. The van der Waals surface area contributed by atoms with Crippen LogP contribution < -0.4 is 10.9 Å². The number of amides is 1. The molecule has 2 N–H and O–H groups in total. The third-order valence-corrected chi connectivity index (χ3v) is 2.98. The van der Waals surface area contributed by atoms with Crippen LogP contribution in [0.2, 0.25) is 0 Å². The first-order valence-electron chi connectivity index (χ1n) is 6.18. The Morgan fingerprint density at radius 1 is 1.37 bits per heavy atom. The van der Waals surface area contributed by atoms with Gasteiger partial charge in [-0.3, -0.25) is 9.59 Å². The SMILES string of the molecule is CCc1ccc(C(C)NC(=O)c2cc(=O)[nH]o2)cc1. The molecule has 1 atom stereocenters. The van der Waals surface area contributed by atoms with E-state index in [9.17, 15) is 9.59 Å². The molecule has 1 heterocycles. The zero-order valence-electron chi connectivity index (χ0n) is 10.9. The lowest BCUT2D eigenvalue weighted by molar-refractivity contribution is 0.0902. The van der Waals surface area contributed by atoms with Gasteiger partial charge in [-0.25, -0.2) is 0 Å². The first-order chi connectivity index (χ1) is 9.10. The van der Waals surface area contributed by atoms with Gasteiger partial charge in [-0.05, 0) is 24.5 Å². The monoisotopic (exact) mass is 260 g/mol. The molecule has 1 aromatic carbocycles. The fourth-order valence-corrected chi connectivity index (χ4v) is 1.79. The molecule has 0 saturated heterocycles. The van der Waals surface area contributed by atoms with Gasteiger partial charge < -0.3 is 9.84 Å². The Bertz CT molecular complexity index is 610. The number of hydrogen-bond donors (Lipinski definition) is 2. The fraction of sp³-hybridized carbons (Fsp3) is 0.286. The number of nitrogens with one attached hydrogen (secondary N) is 2. The Balaban J connectivity index is 2.05. The van der Waals surface area contributed by atoms with Crippen LogP contribution in [0, 0.1) is 0 Å². The predicted molar refractivity (Wildman–Crippen MR) is 71.0 cm³/mol. The number of aromatic amines is 1. The average molecular weight is 260 g/mol. The molecule has 0 fully saturated rings. The number of aryl methyl sites for hydroxylation is 1. The number of carbonyl (C=O) groups is 1. The molecule has 0 saturated carbocycles. The van der Waals surface area contributed by atoms with Crippen LogP contribution in [-0.2, 0) is 6.42 Å². The van der Waals surface area contributed by atoms with E-state index < -0.39 is 11.5 Å². The highest BCUT2D eigenvalue weighted by atomic mass is 16.5. The zero-order valence-corrected chi connectivity index (χ0v) is 10.9. The second-order valence-electron chi connectivity index (χ2n) is 4.37. The molecular weight excluding hydrogens is 244 g/mol. The number of rotatable bonds is 4. The second kappa shape index (κ2) is 5.56. The van der Waals surface area contributed by atoms with Crippen LogP contribution in [-0.4, -0.2) is 11.1 Å². The van der Waals surface area contributed by atoms with Gasteiger partial charge >= 0.3 is 0 Å². The minimum absolute atomic E-state index is 0.0120. The van der Waals surface area contributed by atoms with E-state index in [0.717, 1.165) is 18.1 Å². The minimum Gasteiger partial charge on any atom is -0.373 e. The number of carbonyl (C=O) groups excluding carboxylic acids is 1. The van der Waals surface area contributed by atoms with Crippen molar-refractivity contribution in [1.29, 1.82) is 0 Å². The largest absolute Gasteiger partial charge is 0.373 e. The summed E-state index contributed by atoms with van der Waals surface area (Å²) in [5.74, 6) is -0.424. The summed E-state index contributed by atoms with van der Waals surface area (Å²) in [5.41, 5.74) is 1.83. The van der Waals surface area contributed by atoms with E-state index in [2.05, 4.69) is 17.4 Å². The number of aromatic nitrogens is 1. The van der Waals surface area contributed by atoms with Gasteiger partial charge in [0.15, 0.2) is 0 Å². The van der Waals surface area contributed by atoms with Gasteiger partial charge in [-0.2, -0.15) is 5.16 Å². The normalized spacial score (nSPS) is 12.1. The molecule has 0 aliphatic heterocycles. The summed E-state index contributed by atoms with van der Waals surface area (Å²) >= 11 is 0. The summed E-state index contributed by atoms with van der Waals surface area (Å²) in [4.78, 5) is 22.7. The van der Waals surface area contributed by atoms with E-state index in [1.54, 1.807) is 0 Å². The molecule has 0 radical (unpaired) electrons. The molecule has 0 aliphatic rings. The Morgan fingerprint density at radius 3 is 2.58 bits per heavy atom. The van der Waals surface area contributed by atoms with Crippen molar-refractivity contribution in [3.63, 3.8) is 0 Å². The smallest absolute Gasteiger partial charge is 0.290 e. The van der Waals surface area contributed by atoms with Gasteiger partial charge in [0.05, 0.1) is 12.1 Å². The molecule has 19 heavy (non-hydrogen) atoms. The molecule has 0 spiro atoms. The van der Waals surface area contributed by atoms with E-state index in [1.165, 1.54) is 5.56 Å². The molecule has 1 unspecified atom stereocenters. The molecule has 2 aromatic rings. The topological polar surface area (TPSA) is 75.1 Å². The van der Waals surface area contributed by atoms with Gasteiger partial charge in [0.25, 0.3) is 11.5 Å². The van der Waals surface area contributed by atoms with E-state index in [0.29, 0.717) is 0 Å². The molecule has 0 bridgehead atoms. The fourth-order valence-electron chi connectivity index (χ4n) is 1.79. The molecule has 1 aromatic heterocycles. The quantitative estimate of drug-likeness (QED) is 0.883. The van der Waals surface area contributed by atoms with Crippen molar-refractivity contribution >= 4 is 5.91 Å². The number of H-pyrrole nitrogens is 1. The van der Waals surface area contributed by atoms with Crippen LogP contribution in [0.25, 0.3) is 0 Å². The van der Waals surface area contributed by atoms with Crippen LogP contribution in [0.1, 0.15) is 41.6 Å². The Hall–Kier alpha value is -2.30. The second-order valence-corrected chi connectivity index (χ2v) is 4.37. The number of hydrogen-bond acceptors (Lipinski definition) is 3. The van der Waals surface area contributed by atoms with Crippen LogP contribution in [0.5, 0.6) is 0 Å². The standard InChI is InChI=1S/C14H16N2O3/c1-3-10-4-6-11(7-5-10)9(2)15-14(18)12-8-13(17)16-19-12/h4-9H,3H2,1-2H3,(H,15,18)(H,16,17). The van der Waals surface area contributed by atoms with Gasteiger partial charge in [-0.1, -0.05) is 31.2 Å². The maximum Gasteiger partial charge on any atom is 0.290 e. The van der Waals surface area contributed by atoms with Gasteiger partial charge in [0.2, 0.25) is 5.76 Å². The van der Waals surface area contributed by atoms with Gasteiger partial charge in [-0.15, -0.1) is 0 Å². The van der Waals surface area contributed by atoms with Crippen molar-refractivity contribution in [2.45, 2.75) is 26.3 Å². The van der Waals surface area contributed by atoms with Gasteiger partial charge in [0.1, 0.15) is 0 Å². The van der Waals surface area contributed by atoms with Crippen LogP contribution in [0.15, 0.2) is 39.6 Å². The van der Waals surface area contributed by atoms with Crippen LogP contribution in [0.3, 0.4) is 0 Å². The van der Waals surface area contributed by atoms with Crippen LogP contribution >= 0.6 is 0 Å². The lowest BCUT2D eigenvalue weighted by Crippen LogP contribution is -2.26. The summed E-state index contributed by atoms with van der Waals surface area (Å²) in [7, 11) is 0. The van der Waals surface area contributed by atoms with Crippen molar-refractivity contribution in [2.75, 3.05) is 0 Å². The predicted octanol–water partition coefficient (Wildman–Crippen LogP) is 2.02. The van der Waals surface area contributed by atoms with E-state index in [1.807, 2.05) is 31.2 Å². The van der Waals surface area contributed by atoms with Gasteiger partial charge in [0, 0.05) is 0 Å². The van der Waals surface area contributed by atoms with Crippen molar-refractivity contribution in [3.05, 3.63) is 57.6 Å². The molecule has 0 aliphatic carbocycles. The summed E-state index contributed by atoms with van der Waals surface area (Å²) in [6.07, 6.45) is 0.982. The maximum atomic E-state index is 11.8. The molecule has 1 amide bonds. The lowest BCUT2D eigenvalue weighted by atomic mass is 10.0. The first-order valence-corrected chi connectivity index (χ1v) is 6.18. The first kappa shape index (κ1) is 13.1. The molecule has 100 valence electrons. The Kier molecular flexibility index (Phi) is 3.85. The lowest BCUT2D eigenvalue weighted by Gasteiger charge is -2.13. The summed E-state index contributed by atoms with van der Waals surface area (Å²) in [5, 5.41) is 4.86. The van der Waals surface area contributed by atoms with Crippen LogP contribution in [0.4, 0.5) is 0 Å². The summed E-state index contributed by atoms with van der Waals surface area (Å²) in [6.45, 7) is 3.97. The van der Waals surface area contributed by atoms with Crippen molar-refractivity contribution in [1.82, 2.24) is 10.5 Å². The molecular formula is C14H16N2O3. The maximum absolute atomic E-state index is 11.8.